The van der Waals surface area contributed by atoms with Gasteiger partial charge in [0.25, 0.3) is 10.1 Å². The number of carbonyl (C=O) groups is 2. The number of rotatable bonds is 1. The van der Waals surface area contributed by atoms with Crippen LogP contribution in [0.15, 0.2) is 59.5 Å². The molecule has 5 rings (SSSR count). The number of fused-ring (bicyclic) bond motifs is 4. The van der Waals surface area contributed by atoms with E-state index in [4.69, 9.17) is 0 Å². The summed E-state index contributed by atoms with van der Waals surface area (Å²) in [5, 5.41) is 3.33. The molecule has 0 bridgehead atoms. The van der Waals surface area contributed by atoms with E-state index in [-0.39, 0.29) is 28.4 Å². The van der Waals surface area contributed by atoms with Gasteiger partial charge in [-0.1, -0.05) is 24.3 Å². The molecule has 1 heterocycles. The highest BCUT2D eigenvalue weighted by molar-refractivity contribution is 7.85. The lowest BCUT2D eigenvalue weighted by Gasteiger charge is -2.33. The third-order valence-corrected chi connectivity index (χ3v) is 6.36. The molecule has 0 amide bonds. The number of allylic oxidation sites excluding steroid dienone is 2. The second kappa shape index (κ2) is 5.73. The SMILES string of the molecule is O=C1c2ccc(S(=O)(=O)O)cc2Cc2cc3c(cc21)NC1C=CC=CC1C3=O. The molecule has 2 aliphatic carbocycles. The van der Waals surface area contributed by atoms with Gasteiger partial charge in [0.15, 0.2) is 11.6 Å². The highest BCUT2D eigenvalue weighted by atomic mass is 32.2. The van der Waals surface area contributed by atoms with Gasteiger partial charge in [-0.05, 0) is 47.9 Å². The average molecular weight is 393 g/mol. The van der Waals surface area contributed by atoms with E-state index < -0.39 is 10.1 Å². The van der Waals surface area contributed by atoms with Gasteiger partial charge in [-0.2, -0.15) is 8.42 Å². The molecular weight excluding hydrogens is 378 g/mol. The highest BCUT2D eigenvalue weighted by Gasteiger charge is 2.35. The van der Waals surface area contributed by atoms with Crippen molar-refractivity contribution in [1.82, 2.24) is 0 Å². The lowest BCUT2D eigenvalue weighted by Crippen LogP contribution is -2.38. The van der Waals surface area contributed by atoms with Gasteiger partial charge in [0.1, 0.15) is 0 Å². The average Bonchev–Trinajstić information content (AvgIpc) is 2.67. The van der Waals surface area contributed by atoms with Crippen molar-refractivity contribution in [3.63, 3.8) is 0 Å². The van der Waals surface area contributed by atoms with E-state index in [1.54, 1.807) is 12.1 Å². The molecule has 2 aromatic rings. The molecule has 2 unspecified atom stereocenters. The smallest absolute Gasteiger partial charge is 0.294 e. The van der Waals surface area contributed by atoms with Crippen LogP contribution < -0.4 is 5.32 Å². The Morgan fingerprint density at radius 1 is 0.929 bits per heavy atom. The molecule has 0 fully saturated rings. The maximum Gasteiger partial charge on any atom is 0.294 e. The maximum atomic E-state index is 13.0. The molecule has 0 saturated heterocycles. The van der Waals surface area contributed by atoms with Gasteiger partial charge in [-0.3, -0.25) is 14.1 Å². The van der Waals surface area contributed by atoms with Crippen molar-refractivity contribution in [2.24, 2.45) is 5.92 Å². The standard InChI is InChI=1S/C21H15NO5S/c23-20-14-6-5-13(28(25,26)27)8-11(14)7-12-9-17-19(10-16(12)20)22-18-4-2-1-3-15(18)21(17)24/h1-6,8-10,15,18,22H,7H2,(H,25,26,27). The lowest BCUT2D eigenvalue weighted by molar-refractivity contribution is 0.0934. The molecule has 7 heteroatoms. The molecule has 140 valence electrons. The van der Waals surface area contributed by atoms with Gasteiger partial charge in [0.05, 0.1) is 16.9 Å². The van der Waals surface area contributed by atoms with Gasteiger partial charge < -0.3 is 5.32 Å². The summed E-state index contributed by atoms with van der Waals surface area (Å²) in [6.45, 7) is 0. The molecule has 6 nitrogen and oxygen atoms in total. The van der Waals surface area contributed by atoms with Crippen molar-refractivity contribution >= 4 is 27.4 Å². The molecule has 28 heavy (non-hydrogen) atoms. The van der Waals surface area contributed by atoms with Crippen molar-refractivity contribution in [3.05, 3.63) is 82.5 Å². The predicted molar refractivity (Wildman–Crippen MR) is 102 cm³/mol. The summed E-state index contributed by atoms with van der Waals surface area (Å²) in [4.78, 5) is 25.6. The summed E-state index contributed by atoms with van der Waals surface area (Å²) in [5.41, 5.74) is 3.26. The van der Waals surface area contributed by atoms with E-state index in [2.05, 4.69) is 5.32 Å². The van der Waals surface area contributed by atoms with E-state index in [1.807, 2.05) is 24.3 Å². The second-order valence-corrected chi connectivity index (χ2v) is 8.61. The fourth-order valence-electron chi connectivity index (χ4n) is 4.13. The zero-order valence-electron chi connectivity index (χ0n) is 14.5. The highest BCUT2D eigenvalue weighted by Crippen LogP contribution is 2.37. The molecule has 0 saturated carbocycles. The van der Waals surface area contributed by atoms with E-state index >= 15 is 0 Å². The van der Waals surface area contributed by atoms with Gasteiger partial charge in [0.2, 0.25) is 0 Å². The Balaban J connectivity index is 1.62. The van der Waals surface area contributed by atoms with E-state index in [0.717, 1.165) is 0 Å². The molecule has 1 aliphatic heterocycles. The normalized spacial score (nSPS) is 22.0. The molecule has 2 atom stereocenters. The molecule has 0 spiro atoms. The maximum absolute atomic E-state index is 13.0. The summed E-state index contributed by atoms with van der Waals surface area (Å²) in [5.74, 6) is -0.517. The third kappa shape index (κ3) is 2.47. The third-order valence-electron chi connectivity index (χ3n) is 5.51. The Morgan fingerprint density at radius 2 is 1.68 bits per heavy atom. The van der Waals surface area contributed by atoms with Crippen molar-refractivity contribution in [2.75, 3.05) is 5.32 Å². The first-order valence-electron chi connectivity index (χ1n) is 8.81. The van der Waals surface area contributed by atoms with E-state index in [1.165, 1.54) is 18.2 Å². The largest absolute Gasteiger partial charge is 0.377 e. The number of anilines is 1. The minimum absolute atomic E-state index is 0.00733. The first-order valence-corrected chi connectivity index (χ1v) is 10.2. The number of Topliss-reactive ketones (excluding diaryl/α,β-unsaturated/α-hetero) is 1. The summed E-state index contributed by atoms with van der Waals surface area (Å²) < 4.78 is 32.1. The topological polar surface area (TPSA) is 101 Å². The molecular formula is C21H15NO5S. The summed E-state index contributed by atoms with van der Waals surface area (Å²) >= 11 is 0. The monoisotopic (exact) mass is 393 g/mol. The summed E-state index contributed by atoms with van der Waals surface area (Å²) in [6, 6.07) is 7.27. The minimum Gasteiger partial charge on any atom is -0.377 e. The number of hydrogen-bond donors (Lipinski definition) is 2. The number of nitrogens with one attached hydrogen (secondary N) is 1. The quantitative estimate of drug-likeness (QED) is 0.617. The fraction of sp³-hybridized carbons (Fsp3) is 0.143. The summed E-state index contributed by atoms with van der Waals surface area (Å²) in [7, 11) is -4.36. The second-order valence-electron chi connectivity index (χ2n) is 7.18. The minimum atomic E-state index is -4.36. The molecule has 2 aromatic carbocycles. The van der Waals surface area contributed by atoms with Crippen LogP contribution in [0.5, 0.6) is 0 Å². The van der Waals surface area contributed by atoms with Crippen LogP contribution >= 0.6 is 0 Å². The Hall–Kier alpha value is -3.03. The van der Waals surface area contributed by atoms with Crippen LogP contribution in [0.2, 0.25) is 0 Å². The Morgan fingerprint density at radius 3 is 2.46 bits per heavy atom. The zero-order valence-corrected chi connectivity index (χ0v) is 15.4. The number of hydrogen-bond acceptors (Lipinski definition) is 5. The van der Waals surface area contributed by atoms with Crippen LogP contribution in [-0.2, 0) is 16.5 Å². The molecule has 0 radical (unpaired) electrons. The van der Waals surface area contributed by atoms with Gasteiger partial charge in [-0.15, -0.1) is 0 Å². The number of ketones is 2. The first-order chi connectivity index (χ1) is 13.3. The predicted octanol–water partition coefficient (Wildman–Crippen LogP) is 2.79. The van der Waals surface area contributed by atoms with Gasteiger partial charge >= 0.3 is 0 Å². The van der Waals surface area contributed by atoms with E-state index in [9.17, 15) is 22.6 Å². The Bertz CT molecular complexity index is 1240. The van der Waals surface area contributed by atoms with Gasteiger partial charge in [-0.25, -0.2) is 0 Å². The van der Waals surface area contributed by atoms with Crippen LogP contribution in [0, 0.1) is 5.92 Å². The Kier molecular flexibility index (Phi) is 3.50. The van der Waals surface area contributed by atoms with Crippen molar-refractivity contribution < 1.29 is 22.6 Å². The van der Waals surface area contributed by atoms with Crippen molar-refractivity contribution in [1.29, 1.82) is 0 Å². The first kappa shape index (κ1) is 17.1. The molecule has 0 aromatic heterocycles. The Labute approximate surface area is 161 Å². The van der Waals surface area contributed by atoms with E-state index in [0.29, 0.717) is 39.9 Å². The summed E-state index contributed by atoms with van der Waals surface area (Å²) in [6.07, 6.45) is 7.84. The molecule has 3 aliphatic rings. The van der Waals surface area contributed by atoms with Crippen LogP contribution in [0.25, 0.3) is 0 Å². The van der Waals surface area contributed by atoms with Crippen LogP contribution in [0.4, 0.5) is 5.69 Å². The molecule has 2 N–H and O–H groups in total. The van der Waals surface area contributed by atoms with Crippen molar-refractivity contribution in [3.8, 4) is 0 Å². The fourth-order valence-corrected chi connectivity index (χ4v) is 4.66. The van der Waals surface area contributed by atoms with Crippen molar-refractivity contribution in [2.45, 2.75) is 17.4 Å². The lowest BCUT2D eigenvalue weighted by atomic mass is 9.79. The number of benzene rings is 2. The van der Waals surface area contributed by atoms with Crippen LogP contribution in [0.3, 0.4) is 0 Å². The zero-order chi connectivity index (χ0) is 19.6. The number of carbonyl (C=O) groups excluding carboxylic acids is 2. The van der Waals surface area contributed by atoms with Crippen LogP contribution in [-0.4, -0.2) is 30.6 Å². The van der Waals surface area contributed by atoms with Gasteiger partial charge in [0, 0.05) is 22.4 Å². The van der Waals surface area contributed by atoms with Crippen LogP contribution in [0.1, 0.15) is 37.4 Å².